The van der Waals surface area contributed by atoms with Crippen molar-refractivity contribution in [3.05, 3.63) is 30.5 Å². The number of hydrogen-bond donors (Lipinski definition) is 1. The van der Waals surface area contributed by atoms with Crippen LogP contribution in [0.3, 0.4) is 0 Å². The lowest BCUT2D eigenvalue weighted by Crippen LogP contribution is -2.09. The molecule has 1 amide bonds. The molecule has 62 valence electrons. The molecule has 4 nitrogen and oxygen atoms in total. The predicted molar refractivity (Wildman–Crippen MR) is 45.5 cm³/mol. The van der Waals surface area contributed by atoms with E-state index in [1.54, 1.807) is 31.3 Å². The fourth-order valence-electron chi connectivity index (χ4n) is 0.687. The highest BCUT2D eigenvalue weighted by Gasteiger charge is 1.95. The summed E-state index contributed by atoms with van der Waals surface area (Å²) in [5.41, 5.74) is 0. The second kappa shape index (κ2) is 4.23. The topological polar surface area (TPSA) is 54.9 Å². The molecule has 4 heteroatoms. The maximum Gasteiger partial charge on any atom is 0.249 e. The van der Waals surface area contributed by atoms with Crippen molar-refractivity contribution in [3.8, 4) is 0 Å². The summed E-state index contributed by atoms with van der Waals surface area (Å²) < 4.78 is 0. The third-order valence-electron chi connectivity index (χ3n) is 1.14. The van der Waals surface area contributed by atoms with E-state index in [1.165, 1.54) is 6.08 Å². The van der Waals surface area contributed by atoms with E-state index in [1.807, 2.05) is 0 Å². The van der Waals surface area contributed by atoms with Gasteiger partial charge in [-0.05, 0) is 25.1 Å². The Hall–Kier alpha value is -1.71. The normalized spacial score (nSPS) is 10.1. The number of nitrogens with zero attached hydrogens (tertiary/aromatic N) is 2. The van der Waals surface area contributed by atoms with Gasteiger partial charge in [0.1, 0.15) is 0 Å². The summed E-state index contributed by atoms with van der Waals surface area (Å²) in [6, 6.07) is 3.38. The first kappa shape index (κ1) is 8.39. The molecule has 1 aromatic rings. The van der Waals surface area contributed by atoms with Crippen molar-refractivity contribution in [2.45, 2.75) is 6.92 Å². The van der Waals surface area contributed by atoms with Gasteiger partial charge in [-0.15, -0.1) is 5.10 Å². The maximum atomic E-state index is 10.9. The van der Waals surface area contributed by atoms with Gasteiger partial charge in [0.2, 0.25) is 5.91 Å². The maximum absolute atomic E-state index is 10.9. The molecule has 0 aromatic carbocycles. The molecule has 0 aliphatic rings. The van der Waals surface area contributed by atoms with Gasteiger partial charge in [-0.25, -0.2) is 0 Å². The van der Waals surface area contributed by atoms with Gasteiger partial charge in [-0.3, -0.25) is 4.79 Å². The molecule has 12 heavy (non-hydrogen) atoms. The van der Waals surface area contributed by atoms with E-state index in [4.69, 9.17) is 0 Å². The average molecular weight is 163 g/mol. The van der Waals surface area contributed by atoms with Crippen molar-refractivity contribution < 1.29 is 4.79 Å². The van der Waals surface area contributed by atoms with E-state index in [0.29, 0.717) is 5.82 Å². The van der Waals surface area contributed by atoms with Gasteiger partial charge in [0.15, 0.2) is 5.82 Å². The summed E-state index contributed by atoms with van der Waals surface area (Å²) >= 11 is 0. The van der Waals surface area contributed by atoms with E-state index in [9.17, 15) is 4.79 Å². The number of rotatable bonds is 2. The van der Waals surface area contributed by atoms with Crippen LogP contribution in [0.1, 0.15) is 6.92 Å². The Labute approximate surface area is 70.3 Å². The molecular weight excluding hydrogens is 154 g/mol. The standard InChI is InChI=1S/C8H9N3O/c1-2-4-8(12)10-7-5-3-6-9-11-7/h2-6H,1H3,(H,10,11,12)/b4-2+. The minimum Gasteiger partial charge on any atom is -0.306 e. The Kier molecular flexibility index (Phi) is 2.95. The number of allylic oxidation sites excluding steroid dienone is 1. The van der Waals surface area contributed by atoms with Crippen LogP contribution >= 0.6 is 0 Å². The van der Waals surface area contributed by atoms with Crippen molar-refractivity contribution in [2.24, 2.45) is 0 Å². The van der Waals surface area contributed by atoms with Crippen LogP contribution in [-0.2, 0) is 4.79 Å². The highest BCUT2D eigenvalue weighted by molar-refractivity contribution is 5.98. The van der Waals surface area contributed by atoms with E-state index in [-0.39, 0.29) is 5.91 Å². The fourth-order valence-corrected chi connectivity index (χ4v) is 0.687. The lowest BCUT2D eigenvalue weighted by molar-refractivity contribution is -0.111. The van der Waals surface area contributed by atoms with E-state index in [0.717, 1.165) is 0 Å². The third kappa shape index (κ3) is 2.49. The minimum absolute atomic E-state index is 0.196. The van der Waals surface area contributed by atoms with Gasteiger partial charge in [0.25, 0.3) is 0 Å². The van der Waals surface area contributed by atoms with Crippen molar-refractivity contribution >= 4 is 11.7 Å². The first-order chi connectivity index (χ1) is 5.83. The summed E-state index contributed by atoms with van der Waals surface area (Å²) in [5.74, 6) is 0.263. The summed E-state index contributed by atoms with van der Waals surface area (Å²) in [5, 5.41) is 9.84. The van der Waals surface area contributed by atoms with Gasteiger partial charge in [0, 0.05) is 6.20 Å². The van der Waals surface area contributed by atoms with E-state index < -0.39 is 0 Å². The molecule has 1 N–H and O–H groups in total. The van der Waals surface area contributed by atoms with Crippen LogP contribution < -0.4 is 5.32 Å². The molecule has 1 heterocycles. The van der Waals surface area contributed by atoms with Crippen LogP contribution in [0, 0.1) is 0 Å². The number of carbonyl (C=O) groups is 1. The summed E-state index contributed by atoms with van der Waals surface area (Å²) in [7, 11) is 0. The van der Waals surface area contributed by atoms with Crippen LogP contribution in [0.25, 0.3) is 0 Å². The van der Waals surface area contributed by atoms with E-state index >= 15 is 0 Å². The lowest BCUT2D eigenvalue weighted by Gasteiger charge is -1.97. The second-order valence-electron chi connectivity index (χ2n) is 2.10. The molecule has 1 aromatic heterocycles. The Morgan fingerprint density at radius 1 is 1.67 bits per heavy atom. The Balaban J connectivity index is 2.59. The molecule has 1 rings (SSSR count). The highest BCUT2D eigenvalue weighted by Crippen LogP contribution is 1.97. The number of aromatic nitrogens is 2. The molecule has 0 saturated heterocycles. The predicted octanol–water partition coefficient (Wildman–Crippen LogP) is 0.991. The van der Waals surface area contributed by atoms with Gasteiger partial charge >= 0.3 is 0 Å². The molecule has 0 aliphatic carbocycles. The zero-order valence-corrected chi connectivity index (χ0v) is 6.69. The molecule has 0 bridgehead atoms. The quantitative estimate of drug-likeness (QED) is 0.661. The summed E-state index contributed by atoms with van der Waals surface area (Å²) in [6.07, 6.45) is 4.63. The molecule has 0 fully saturated rings. The number of anilines is 1. The summed E-state index contributed by atoms with van der Waals surface area (Å²) in [4.78, 5) is 10.9. The first-order valence-corrected chi connectivity index (χ1v) is 3.54. The average Bonchev–Trinajstić information content (AvgIpc) is 2.06. The van der Waals surface area contributed by atoms with Gasteiger partial charge < -0.3 is 5.32 Å². The number of carbonyl (C=O) groups excluding carboxylic acids is 1. The van der Waals surface area contributed by atoms with Gasteiger partial charge in [0.05, 0.1) is 0 Å². The zero-order chi connectivity index (χ0) is 8.81. The highest BCUT2D eigenvalue weighted by atomic mass is 16.1. The molecule has 0 spiro atoms. The number of hydrogen-bond acceptors (Lipinski definition) is 3. The largest absolute Gasteiger partial charge is 0.306 e. The Morgan fingerprint density at radius 2 is 2.50 bits per heavy atom. The van der Waals surface area contributed by atoms with Crippen LogP contribution in [0.4, 0.5) is 5.82 Å². The molecular formula is C8H9N3O. The molecule has 0 atom stereocenters. The Morgan fingerprint density at radius 3 is 3.08 bits per heavy atom. The fraction of sp³-hybridized carbons (Fsp3) is 0.125. The first-order valence-electron chi connectivity index (χ1n) is 3.54. The molecule has 0 unspecified atom stereocenters. The molecule has 0 radical (unpaired) electrons. The van der Waals surface area contributed by atoms with Crippen molar-refractivity contribution in [2.75, 3.05) is 5.32 Å². The van der Waals surface area contributed by atoms with Crippen LogP contribution in [-0.4, -0.2) is 16.1 Å². The van der Waals surface area contributed by atoms with Crippen molar-refractivity contribution in [3.63, 3.8) is 0 Å². The molecule has 0 aliphatic heterocycles. The smallest absolute Gasteiger partial charge is 0.249 e. The lowest BCUT2D eigenvalue weighted by atomic mass is 10.4. The Bertz CT molecular complexity index is 282. The van der Waals surface area contributed by atoms with Crippen molar-refractivity contribution in [1.82, 2.24) is 10.2 Å². The number of amides is 1. The van der Waals surface area contributed by atoms with Gasteiger partial charge in [-0.2, -0.15) is 5.10 Å². The van der Waals surface area contributed by atoms with Crippen LogP contribution in [0.2, 0.25) is 0 Å². The van der Waals surface area contributed by atoms with Crippen molar-refractivity contribution in [1.29, 1.82) is 0 Å². The van der Waals surface area contributed by atoms with Crippen LogP contribution in [0.15, 0.2) is 30.5 Å². The second-order valence-corrected chi connectivity index (χ2v) is 2.10. The van der Waals surface area contributed by atoms with Crippen LogP contribution in [0.5, 0.6) is 0 Å². The summed E-state index contributed by atoms with van der Waals surface area (Å²) in [6.45, 7) is 1.77. The molecule has 0 saturated carbocycles. The SMILES string of the molecule is C/C=C/C(=O)Nc1cccnn1. The third-order valence-corrected chi connectivity index (χ3v) is 1.14. The monoisotopic (exact) mass is 163 g/mol. The number of nitrogens with one attached hydrogen (secondary N) is 1. The van der Waals surface area contributed by atoms with Gasteiger partial charge in [-0.1, -0.05) is 6.08 Å². The zero-order valence-electron chi connectivity index (χ0n) is 6.69. The van der Waals surface area contributed by atoms with E-state index in [2.05, 4.69) is 15.5 Å². The minimum atomic E-state index is -0.196.